The van der Waals surface area contributed by atoms with Crippen LogP contribution < -0.4 is 4.90 Å². The van der Waals surface area contributed by atoms with Crippen LogP contribution in [0.25, 0.3) is 10.8 Å². The van der Waals surface area contributed by atoms with Crippen LogP contribution in [0.1, 0.15) is 31.3 Å². The van der Waals surface area contributed by atoms with Crippen molar-refractivity contribution in [3.8, 4) is 0 Å². The van der Waals surface area contributed by atoms with Crippen LogP contribution in [0.15, 0.2) is 42.9 Å². The van der Waals surface area contributed by atoms with Crippen LogP contribution in [0.4, 0.5) is 5.69 Å². The van der Waals surface area contributed by atoms with Crippen molar-refractivity contribution in [1.29, 1.82) is 0 Å². The summed E-state index contributed by atoms with van der Waals surface area (Å²) in [5.41, 5.74) is 1.16. The summed E-state index contributed by atoms with van der Waals surface area (Å²) in [7, 11) is 0. The fourth-order valence-corrected chi connectivity index (χ4v) is 2.65. The number of carbonyl (C=O) groups is 1. The Hall–Kier alpha value is -2.76. The molecule has 3 rings (SSSR count). The number of aryl methyl sites for hydroxylation is 1. The first-order valence-corrected chi connectivity index (χ1v) is 8.15. The van der Waals surface area contributed by atoms with Gasteiger partial charge in [0.15, 0.2) is 5.69 Å². The average molecular weight is 323 g/mol. The van der Waals surface area contributed by atoms with E-state index in [2.05, 4.69) is 29.1 Å². The molecular weight excluding hydrogens is 302 g/mol. The quantitative estimate of drug-likeness (QED) is 0.723. The van der Waals surface area contributed by atoms with Crippen molar-refractivity contribution in [3.63, 3.8) is 0 Å². The van der Waals surface area contributed by atoms with E-state index in [1.807, 2.05) is 42.1 Å². The van der Waals surface area contributed by atoms with E-state index < -0.39 is 0 Å². The number of carbonyl (C=O) groups excluding carboxylic acids is 1. The lowest BCUT2D eigenvalue weighted by atomic mass is 10.1. The lowest BCUT2D eigenvalue weighted by molar-refractivity contribution is 0.0980. The molecule has 2 aromatic heterocycles. The summed E-state index contributed by atoms with van der Waals surface area (Å²) in [6, 6.07) is 7.67. The highest BCUT2D eigenvalue weighted by molar-refractivity contribution is 6.12. The van der Waals surface area contributed by atoms with E-state index in [0.29, 0.717) is 18.2 Å². The molecule has 0 aliphatic carbocycles. The number of hydrogen-bond acceptors (Lipinski definition) is 4. The maximum absolute atomic E-state index is 13.2. The lowest BCUT2D eigenvalue weighted by Gasteiger charge is -2.23. The maximum Gasteiger partial charge on any atom is 0.279 e. The summed E-state index contributed by atoms with van der Waals surface area (Å²) in [5.74, 6) is 0.172. The van der Waals surface area contributed by atoms with Crippen molar-refractivity contribution in [1.82, 2.24) is 20.0 Å². The van der Waals surface area contributed by atoms with Gasteiger partial charge in [-0.3, -0.25) is 9.48 Å². The van der Waals surface area contributed by atoms with Crippen LogP contribution in [-0.4, -0.2) is 32.4 Å². The first-order valence-electron chi connectivity index (χ1n) is 8.15. The van der Waals surface area contributed by atoms with Gasteiger partial charge in [-0.15, -0.1) is 5.10 Å². The van der Waals surface area contributed by atoms with Gasteiger partial charge in [0.05, 0.1) is 18.1 Å². The smallest absolute Gasteiger partial charge is 0.279 e. The first kappa shape index (κ1) is 16.1. The molecule has 2 heterocycles. The van der Waals surface area contributed by atoms with Gasteiger partial charge in [0.2, 0.25) is 0 Å². The molecule has 24 heavy (non-hydrogen) atoms. The maximum atomic E-state index is 13.2. The molecule has 0 radical (unpaired) electrons. The Labute approximate surface area is 141 Å². The van der Waals surface area contributed by atoms with Gasteiger partial charge in [0, 0.05) is 30.1 Å². The van der Waals surface area contributed by atoms with Gasteiger partial charge < -0.3 is 4.90 Å². The molecule has 0 fully saturated rings. The minimum atomic E-state index is -0.149. The number of nitrogens with zero attached hydrogens (tertiary/aromatic N) is 5. The zero-order valence-electron chi connectivity index (χ0n) is 14.2. The standard InChI is InChI=1S/C18H21N5O/c1-4-22-12-15(10-20-22)23(11-13(2)3)18(24)17-16-8-6-5-7-14(16)9-19-21-17/h5-10,12-13H,4,11H2,1-3H3. The van der Waals surface area contributed by atoms with Crippen LogP contribution in [0.5, 0.6) is 0 Å². The number of benzene rings is 1. The Bertz CT molecular complexity index is 850. The summed E-state index contributed by atoms with van der Waals surface area (Å²) in [6.45, 7) is 7.54. The summed E-state index contributed by atoms with van der Waals surface area (Å²) in [5, 5.41) is 14.1. The van der Waals surface area contributed by atoms with Crippen molar-refractivity contribution in [2.75, 3.05) is 11.4 Å². The molecule has 0 N–H and O–H groups in total. The third-order valence-corrected chi connectivity index (χ3v) is 3.82. The predicted octanol–water partition coefficient (Wildman–Crippen LogP) is 3.15. The van der Waals surface area contributed by atoms with Gasteiger partial charge in [0.1, 0.15) is 0 Å². The lowest BCUT2D eigenvalue weighted by Crippen LogP contribution is -2.35. The Morgan fingerprint density at radius 1 is 1.25 bits per heavy atom. The number of amides is 1. The van der Waals surface area contributed by atoms with Crippen molar-refractivity contribution in [2.24, 2.45) is 5.92 Å². The molecule has 1 amide bonds. The van der Waals surface area contributed by atoms with E-state index in [9.17, 15) is 4.79 Å². The second-order valence-corrected chi connectivity index (χ2v) is 6.14. The second-order valence-electron chi connectivity index (χ2n) is 6.14. The summed E-state index contributed by atoms with van der Waals surface area (Å²) >= 11 is 0. The van der Waals surface area contributed by atoms with E-state index in [-0.39, 0.29) is 5.91 Å². The normalized spacial score (nSPS) is 11.2. The fraction of sp³-hybridized carbons (Fsp3) is 0.333. The number of hydrogen-bond donors (Lipinski definition) is 0. The third kappa shape index (κ3) is 3.13. The number of anilines is 1. The van der Waals surface area contributed by atoms with Gasteiger partial charge in [-0.05, 0) is 12.8 Å². The van der Waals surface area contributed by atoms with Crippen LogP contribution >= 0.6 is 0 Å². The van der Waals surface area contributed by atoms with E-state index in [1.165, 1.54) is 0 Å². The SMILES string of the molecule is CCn1cc(N(CC(C)C)C(=O)c2nncc3ccccc23)cn1. The van der Waals surface area contributed by atoms with E-state index in [4.69, 9.17) is 0 Å². The van der Waals surface area contributed by atoms with Crippen molar-refractivity contribution >= 4 is 22.4 Å². The summed E-state index contributed by atoms with van der Waals surface area (Å²) < 4.78 is 1.81. The van der Waals surface area contributed by atoms with Crippen LogP contribution in [0.2, 0.25) is 0 Å². The Balaban J connectivity index is 2.04. The van der Waals surface area contributed by atoms with Crippen molar-refractivity contribution in [3.05, 3.63) is 48.5 Å². The summed E-state index contributed by atoms with van der Waals surface area (Å²) in [4.78, 5) is 14.9. The predicted molar refractivity (Wildman–Crippen MR) is 94.0 cm³/mol. The first-order chi connectivity index (χ1) is 11.6. The number of fused-ring (bicyclic) bond motifs is 1. The molecular formula is C18H21N5O. The van der Waals surface area contributed by atoms with Gasteiger partial charge in [-0.2, -0.15) is 10.2 Å². The topological polar surface area (TPSA) is 63.9 Å². The van der Waals surface area contributed by atoms with E-state index in [0.717, 1.165) is 23.0 Å². The highest BCUT2D eigenvalue weighted by Gasteiger charge is 2.23. The van der Waals surface area contributed by atoms with E-state index >= 15 is 0 Å². The molecule has 0 bridgehead atoms. The number of aromatic nitrogens is 4. The minimum Gasteiger partial charge on any atom is -0.304 e. The van der Waals surface area contributed by atoms with Crippen LogP contribution in [0.3, 0.4) is 0 Å². The van der Waals surface area contributed by atoms with Crippen LogP contribution in [0, 0.1) is 5.92 Å². The molecule has 6 nitrogen and oxygen atoms in total. The van der Waals surface area contributed by atoms with Crippen LogP contribution in [-0.2, 0) is 6.54 Å². The van der Waals surface area contributed by atoms with E-state index in [1.54, 1.807) is 17.3 Å². The summed E-state index contributed by atoms with van der Waals surface area (Å²) in [6.07, 6.45) is 5.29. The minimum absolute atomic E-state index is 0.149. The molecule has 0 saturated carbocycles. The molecule has 1 aromatic carbocycles. The molecule has 124 valence electrons. The van der Waals surface area contributed by atoms with Crippen molar-refractivity contribution in [2.45, 2.75) is 27.3 Å². The molecule has 0 saturated heterocycles. The average Bonchev–Trinajstić information content (AvgIpc) is 3.07. The molecule has 0 unspecified atom stereocenters. The monoisotopic (exact) mass is 323 g/mol. The van der Waals surface area contributed by atoms with Gasteiger partial charge in [-0.1, -0.05) is 38.1 Å². The highest BCUT2D eigenvalue weighted by Crippen LogP contribution is 2.21. The molecule has 3 aromatic rings. The molecule has 0 aliphatic rings. The largest absolute Gasteiger partial charge is 0.304 e. The van der Waals surface area contributed by atoms with Gasteiger partial charge in [-0.25, -0.2) is 0 Å². The Morgan fingerprint density at radius 2 is 2.04 bits per heavy atom. The molecule has 0 spiro atoms. The Kier molecular flexibility index (Phi) is 4.55. The highest BCUT2D eigenvalue weighted by atomic mass is 16.2. The van der Waals surface area contributed by atoms with Gasteiger partial charge >= 0.3 is 0 Å². The zero-order chi connectivity index (χ0) is 17.1. The zero-order valence-corrected chi connectivity index (χ0v) is 14.2. The van der Waals surface area contributed by atoms with Gasteiger partial charge in [0.25, 0.3) is 5.91 Å². The number of rotatable bonds is 5. The molecule has 6 heteroatoms. The molecule has 0 atom stereocenters. The van der Waals surface area contributed by atoms with Crippen molar-refractivity contribution < 1.29 is 4.79 Å². The fourth-order valence-electron chi connectivity index (χ4n) is 2.65. The Morgan fingerprint density at radius 3 is 2.75 bits per heavy atom. The third-order valence-electron chi connectivity index (χ3n) is 3.82. The molecule has 0 aliphatic heterocycles. The second kappa shape index (κ2) is 6.78.